The minimum atomic E-state index is -4.11. The van der Waals surface area contributed by atoms with Gasteiger partial charge in [0.15, 0.2) is 5.17 Å². The number of carbonyl (C=O) groups is 1. The average Bonchev–Trinajstić information content (AvgIpc) is 3.31. The molecule has 2 saturated heterocycles. The number of rotatable bonds is 5. The zero-order valence-electron chi connectivity index (χ0n) is 24.4. The van der Waals surface area contributed by atoms with Crippen molar-refractivity contribution in [1.29, 1.82) is 0 Å². The Morgan fingerprint density at radius 2 is 1.68 bits per heavy atom. The molecule has 3 heterocycles. The Morgan fingerprint density at radius 1 is 1.07 bits per heavy atom. The highest BCUT2D eigenvalue weighted by Crippen LogP contribution is 2.52. The van der Waals surface area contributed by atoms with Crippen LogP contribution in [0.25, 0.3) is 0 Å². The number of hydrogen-bond donors (Lipinski definition) is 0. The predicted octanol–water partition coefficient (Wildman–Crippen LogP) is 3.58. The third-order valence-electron chi connectivity index (χ3n) is 7.24. The van der Waals surface area contributed by atoms with E-state index in [2.05, 4.69) is 0 Å². The van der Waals surface area contributed by atoms with Crippen molar-refractivity contribution in [1.82, 2.24) is 4.90 Å². The Morgan fingerprint density at radius 3 is 2.23 bits per heavy atom. The molecule has 4 rings (SSSR count). The molecule has 0 aliphatic carbocycles. The van der Waals surface area contributed by atoms with Gasteiger partial charge < -0.3 is 28.4 Å². The van der Waals surface area contributed by atoms with Crippen LogP contribution in [0.4, 0.5) is 4.79 Å². The van der Waals surface area contributed by atoms with Crippen LogP contribution in [0.3, 0.4) is 0 Å². The second-order valence-corrected chi connectivity index (χ2v) is 13.9. The fourth-order valence-corrected chi connectivity index (χ4v) is 6.85. The van der Waals surface area contributed by atoms with Gasteiger partial charge in [-0.15, -0.1) is 0 Å². The van der Waals surface area contributed by atoms with Crippen LogP contribution in [0.1, 0.15) is 51.8 Å². The van der Waals surface area contributed by atoms with Crippen LogP contribution < -0.4 is 0 Å². The molecule has 0 radical (unpaired) electrons. The smallest absolute Gasteiger partial charge is 0.416 e. The molecule has 1 aromatic carbocycles. The molecule has 0 aromatic heterocycles. The Kier molecular flexibility index (Phi) is 8.42. The highest BCUT2D eigenvalue weighted by Gasteiger charge is 2.64. The van der Waals surface area contributed by atoms with E-state index >= 15 is 0 Å². The van der Waals surface area contributed by atoms with Gasteiger partial charge >= 0.3 is 6.09 Å². The fraction of sp³-hybridized carbons (Fsp3) is 0.692. The van der Waals surface area contributed by atoms with Crippen molar-refractivity contribution in [3.8, 4) is 0 Å². The Balaban J connectivity index is 1.80. The predicted molar refractivity (Wildman–Crippen MR) is 146 cm³/mol. The van der Waals surface area contributed by atoms with Gasteiger partial charge in [0.25, 0.3) is 10.1 Å². The van der Waals surface area contributed by atoms with E-state index in [9.17, 15) is 13.2 Å². The second-order valence-electron chi connectivity index (χ2n) is 11.1. The van der Waals surface area contributed by atoms with Crippen molar-refractivity contribution in [3.63, 3.8) is 0 Å². The number of amidine groups is 1. The molecular weight excluding hydrogens is 564 g/mol. The van der Waals surface area contributed by atoms with Gasteiger partial charge in [-0.2, -0.15) is 8.42 Å². The molecule has 1 amide bonds. The summed E-state index contributed by atoms with van der Waals surface area (Å²) < 4.78 is 67.4. The second kappa shape index (κ2) is 10.8. The zero-order chi connectivity index (χ0) is 29.8. The fourth-order valence-electron chi connectivity index (χ4n) is 4.82. The summed E-state index contributed by atoms with van der Waals surface area (Å²) in [6.07, 6.45) is -3.16. The number of amides is 1. The first-order valence-electron chi connectivity index (χ1n) is 12.7. The first-order chi connectivity index (χ1) is 18.5. The average molecular weight is 603 g/mol. The number of benzene rings is 1. The van der Waals surface area contributed by atoms with Crippen LogP contribution in [0.2, 0.25) is 0 Å². The van der Waals surface area contributed by atoms with Crippen molar-refractivity contribution in [2.75, 3.05) is 28.4 Å². The molecule has 1 aromatic rings. The van der Waals surface area contributed by atoms with Crippen LogP contribution in [0.5, 0.6) is 0 Å². The lowest BCUT2D eigenvalue weighted by Crippen LogP contribution is -2.70. The summed E-state index contributed by atoms with van der Waals surface area (Å²) in [7, 11) is 1.51. The van der Waals surface area contributed by atoms with E-state index in [0.717, 1.165) is 12.7 Å². The minimum Gasteiger partial charge on any atom is -0.443 e. The van der Waals surface area contributed by atoms with Gasteiger partial charge in [-0.05, 0) is 47.6 Å². The quantitative estimate of drug-likeness (QED) is 0.458. The number of methoxy groups -OCH3 is 2. The third kappa shape index (κ3) is 5.52. The van der Waals surface area contributed by atoms with Gasteiger partial charge in [-0.25, -0.2) is 4.79 Å². The topological polar surface area (TPSA) is 131 Å². The highest BCUT2D eigenvalue weighted by molar-refractivity contribution is 8.14. The number of aliphatic imine (C=N–C) groups is 1. The standard InChI is InChI=1S/C26H38N2O10S2/c1-14-11-12-16(40(30,31)34-10)15(13-14)18-20-19(36-25(5,32-8)26(6,33-9)37-20)17-21(35-18)39-22(27-17)28(7)23(29)38-24(2,3)4/h11-13,17-21H,1-10H3/t17-,18-,19-,20+,21-,25+,26+/m1/s1. The molecule has 3 aliphatic heterocycles. The number of ether oxygens (including phenoxy) is 6. The first kappa shape index (κ1) is 31.2. The molecule has 0 spiro atoms. The van der Waals surface area contributed by atoms with Gasteiger partial charge in [0, 0.05) is 26.8 Å². The van der Waals surface area contributed by atoms with E-state index in [1.54, 1.807) is 53.8 Å². The third-order valence-corrected chi connectivity index (χ3v) is 9.80. The lowest BCUT2D eigenvalue weighted by Gasteiger charge is -2.56. The van der Waals surface area contributed by atoms with Gasteiger partial charge in [0.2, 0.25) is 11.6 Å². The first-order valence-corrected chi connectivity index (χ1v) is 15.0. The monoisotopic (exact) mass is 602 g/mol. The molecule has 40 heavy (non-hydrogen) atoms. The van der Waals surface area contributed by atoms with Gasteiger partial charge in [0.05, 0.1) is 12.0 Å². The number of thioether (sulfide) groups is 1. The molecule has 12 nitrogen and oxygen atoms in total. The summed E-state index contributed by atoms with van der Waals surface area (Å²) in [5.74, 6) is -2.75. The molecule has 224 valence electrons. The van der Waals surface area contributed by atoms with Crippen LogP contribution in [-0.4, -0.2) is 93.8 Å². The van der Waals surface area contributed by atoms with E-state index in [1.807, 2.05) is 6.92 Å². The summed E-state index contributed by atoms with van der Waals surface area (Å²) >= 11 is 1.21. The lowest BCUT2D eigenvalue weighted by molar-refractivity contribution is -0.464. The molecule has 0 bridgehead atoms. The molecular formula is C26H38N2O10S2. The van der Waals surface area contributed by atoms with E-state index in [1.165, 1.54) is 36.9 Å². The molecule has 3 aliphatic rings. The van der Waals surface area contributed by atoms with Crippen molar-refractivity contribution in [2.24, 2.45) is 4.99 Å². The van der Waals surface area contributed by atoms with Gasteiger partial charge in [0.1, 0.15) is 35.4 Å². The van der Waals surface area contributed by atoms with E-state index < -0.39 is 63.2 Å². The van der Waals surface area contributed by atoms with Crippen molar-refractivity contribution < 1.29 is 45.8 Å². The highest BCUT2D eigenvalue weighted by atomic mass is 32.2. The summed E-state index contributed by atoms with van der Waals surface area (Å²) in [5, 5.41) is 0.362. The van der Waals surface area contributed by atoms with E-state index in [-0.39, 0.29) is 4.90 Å². The molecule has 0 N–H and O–H groups in total. The largest absolute Gasteiger partial charge is 0.443 e. The molecule has 7 atom stereocenters. The lowest BCUT2D eigenvalue weighted by atomic mass is 9.89. The van der Waals surface area contributed by atoms with Crippen LogP contribution in [0, 0.1) is 6.92 Å². The molecule has 0 unspecified atom stereocenters. The van der Waals surface area contributed by atoms with Crippen molar-refractivity contribution in [3.05, 3.63) is 29.3 Å². The van der Waals surface area contributed by atoms with Crippen LogP contribution >= 0.6 is 11.8 Å². The molecule has 14 heteroatoms. The zero-order valence-corrected chi connectivity index (χ0v) is 26.0. The summed E-state index contributed by atoms with van der Waals surface area (Å²) in [6, 6.07) is 4.25. The summed E-state index contributed by atoms with van der Waals surface area (Å²) in [4.78, 5) is 18.9. The number of carbonyl (C=O) groups excluding carboxylic acids is 1. The minimum absolute atomic E-state index is 0.0550. The maximum atomic E-state index is 12.9. The van der Waals surface area contributed by atoms with E-state index in [4.69, 9.17) is 37.6 Å². The number of hydrogen-bond acceptors (Lipinski definition) is 12. The molecule has 2 fully saturated rings. The van der Waals surface area contributed by atoms with E-state index in [0.29, 0.717) is 10.7 Å². The number of fused-ring (bicyclic) bond motifs is 3. The Bertz CT molecular complexity index is 1280. The van der Waals surface area contributed by atoms with Crippen LogP contribution in [0.15, 0.2) is 28.1 Å². The van der Waals surface area contributed by atoms with Crippen molar-refractivity contribution >= 4 is 33.1 Å². The van der Waals surface area contributed by atoms with Crippen LogP contribution in [-0.2, 0) is 42.7 Å². The van der Waals surface area contributed by atoms with Gasteiger partial charge in [-0.1, -0.05) is 29.5 Å². The SMILES string of the molecule is CO[C@@]1(C)O[C@@H]2[C@H]3N=C(N(C)C(=O)OC(C)(C)C)S[C@H]3O[C@H](c3cc(C)ccc3S(=O)(=O)OC)[C@@H]2O[C@]1(C)OC. The maximum Gasteiger partial charge on any atom is 0.416 e. The number of aryl methyl sites for hydroxylation is 1. The summed E-state index contributed by atoms with van der Waals surface area (Å²) in [5.41, 5.74) is -0.205. The maximum absolute atomic E-state index is 12.9. The Labute approximate surface area is 239 Å². The van der Waals surface area contributed by atoms with Crippen molar-refractivity contribution in [2.45, 2.75) is 93.4 Å². The van der Waals surface area contributed by atoms with Gasteiger partial charge in [-0.3, -0.25) is 14.1 Å². The normalized spacial score (nSPS) is 34.0. The molecule has 0 saturated carbocycles. The summed E-state index contributed by atoms with van der Waals surface area (Å²) in [6.45, 7) is 10.5. The Hall–Kier alpha value is -1.78. The number of nitrogens with zero attached hydrogens (tertiary/aromatic N) is 2.